The fourth-order valence-corrected chi connectivity index (χ4v) is 4.59. The van der Waals surface area contributed by atoms with E-state index >= 15 is 0 Å². The first kappa shape index (κ1) is 21.6. The van der Waals surface area contributed by atoms with Crippen molar-refractivity contribution in [3.8, 4) is 0 Å². The van der Waals surface area contributed by atoms with Crippen LogP contribution in [0, 0.1) is 5.92 Å². The molecule has 1 saturated heterocycles. The van der Waals surface area contributed by atoms with E-state index in [0.717, 1.165) is 11.8 Å². The Morgan fingerprint density at radius 3 is 1.92 bits per heavy atom. The van der Waals surface area contributed by atoms with Crippen molar-refractivity contribution in [1.82, 2.24) is 0 Å². The molecule has 1 atom stereocenters. The topological polar surface area (TPSA) is 18.5 Å². The fraction of sp³-hybridized carbons (Fsp3) is 1.00. The number of halogens is 1. The summed E-state index contributed by atoms with van der Waals surface area (Å²) in [5.74, 6) is 2.18. The number of hydrogen-bond acceptors (Lipinski definition) is 2. The molecule has 2 aliphatic rings. The molecule has 1 heterocycles. The van der Waals surface area contributed by atoms with E-state index in [-0.39, 0.29) is 18.3 Å². The first-order valence-corrected chi connectivity index (χ1v) is 11.3. The Kier molecular flexibility index (Phi) is 8.62. The Balaban J connectivity index is 1.86. The second kappa shape index (κ2) is 9.99. The molecule has 1 aliphatic heterocycles. The minimum absolute atomic E-state index is 0.00986. The summed E-state index contributed by atoms with van der Waals surface area (Å²) in [7, 11) is -0.00986. The van der Waals surface area contributed by atoms with E-state index < -0.39 is 0 Å². The van der Waals surface area contributed by atoms with Gasteiger partial charge in [0, 0.05) is 5.88 Å². The van der Waals surface area contributed by atoms with Gasteiger partial charge in [-0.15, -0.1) is 11.6 Å². The van der Waals surface area contributed by atoms with Crippen LogP contribution < -0.4 is 0 Å². The van der Waals surface area contributed by atoms with Crippen molar-refractivity contribution in [1.29, 1.82) is 0 Å². The molecule has 1 aliphatic carbocycles. The Hall–Kier alpha value is 0.275. The summed E-state index contributed by atoms with van der Waals surface area (Å²) in [4.78, 5) is 0. The van der Waals surface area contributed by atoms with Crippen molar-refractivity contribution in [2.45, 2.75) is 122 Å². The first-order valence-electron chi connectivity index (χ1n) is 10.8. The van der Waals surface area contributed by atoms with Crippen molar-refractivity contribution < 1.29 is 9.31 Å². The lowest BCUT2D eigenvalue weighted by Crippen LogP contribution is -2.41. The van der Waals surface area contributed by atoms with Gasteiger partial charge in [-0.05, 0) is 45.9 Å². The molecule has 0 spiro atoms. The minimum atomic E-state index is -0.202. The molecule has 1 unspecified atom stereocenters. The van der Waals surface area contributed by atoms with Crippen LogP contribution >= 0.6 is 11.6 Å². The molecule has 0 aromatic carbocycles. The number of hydrogen-bond donors (Lipinski definition) is 0. The van der Waals surface area contributed by atoms with Crippen LogP contribution in [-0.2, 0) is 9.31 Å². The van der Waals surface area contributed by atoms with E-state index in [1.165, 1.54) is 77.0 Å². The van der Waals surface area contributed by atoms with E-state index in [0.29, 0.717) is 5.82 Å². The molecular weight excluding hydrogens is 330 g/mol. The second-order valence-electron chi connectivity index (χ2n) is 9.29. The molecule has 1 saturated carbocycles. The van der Waals surface area contributed by atoms with Gasteiger partial charge in [0.25, 0.3) is 0 Å². The Morgan fingerprint density at radius 1 is 0.840 bits per heavy atom. The van der Waals surface area contributed by atoms with Crippen molar-refractivity contribution >= 4 is 18.7 Å². The van der Waals surface area contributed by atoms with Crippen LogP contribution in [-0.4, -0.2) is 24.2 Å². The van der Waals surface area contributed by atoms with Gasteiger partial charge in [0.1, 0.15) is 0 Å². The van der Waals surface area contributed by atoms with E-state index in [2.05, 4.69) is 27.7 Å². The van der Waals surface area contributed by atoms with Crippen LogP contribution in [0.1, 0.15) is 105 Å². The van der Waals surface area contributed by atoms with Crippen molar-refractivity contribution in [2.75, 3.05) is 5.88 Å². The van der Waals surface area contributed by atoms with Gasteiger partial charge >= 0.3 is 7.12 Å². The third-order valence-electron chi connectivity index (χ3n) is 6.80. The van der Waals surface area contributed by atoms with Gasteiger partial charge in [0.05, 0.1) is 11.2 Å². The zero-order valence-corrected chi connectivity index (χ0v) is 17.9. The number of rotatable bonds is 10. The third kappa shape index (κ3) is 6.14. The van der Waals surface area contributed by atoms with E-state index in [1.54, 1.807) is 0 Å². The summed E-state index contributed by atoms with van der Waals surface area (Å²) in [5, 5.41) is 0. The predicted octanol–water partition coefficient (Wildman–Crippen LogP) is 7.00. The molecule has 0 radical (unpaired) electrons. The molecule has 0 aromatic rings. The maximum atomic E-state index is 6.45. The monoisotopic (exact) mass is 370 g/mol. The zero-order valence-electron chi connectivity index (χ0n) is 17.1. The summed E-state index contributed by atoms with van der Waals surface area (Å²) in [6.45, 7) is 8.73. The molecule has 146 valence electrons. The molecule has 0 N–H and O–H groups in total. The summed E-state index contributed by atoms with van der Waals surface area (Å²) in [5.41, 5.74) is -0.404. The molecule has 4 heteroatoms. The smallest absolute Gasteiger partial charge is 0.403 e. The van der Waals surface area contributed by atoms with Gasteiger partial charge in [0.2, 0.25) is 0 Å². The van der Waals surface area contributed by atoms with Gasteiger partial charge in [-0.1, -0.05) is 70.6 Å². The van der Waals surface area contributed by atoms with Crippen LogP contribution in [0.25, 0.3) is 0 Å². The normalized spacial score (nSPS) is 24.6. The molecular formula is C21H40BClO2. The molecule has 0 aromatic heterocycles. The highest BCUT2D eigenvalue weighted by atomic mass is 35.5. The molecule has 0 amide bonds. The Bertz CT molecular complexity index is 364. The van der Waals surface area contributed by atoms with Crippen molar-refractivity contribution in [3.63, 3.8) is 0 Å². The molecule has 2 nitrogen and oxygen atoms in total. The molecule has 0 bridgehead atoms. The second-order valence-corrected chi connectivity index (χ2v) is 9.66. The Morgan fingerprint density at radius 2 is 1.36 bits per heavy atom. The SMILES string of the molecule is CC1(C)OB(C(CCCCCCCCCl)C2CCCCC2)OC1(C)C. The lowest BCUT2D eigenvalue weighted by Gasteiger charge is -2.32. The molecule has 2 fully saturated rings. The lowest BCUT2D eigenvalue weighted by atomic mass is 9.59. The quantitative estimate of drug-likeness (QED) is 0.234. The summed E-state index contributed by atoms with van der Waals surface area (Å²) in [6.07, 6.45) is 16.0. The highest BCUT2D eigenvalue weighted by Crippen LogP contribution is 2.46. The molecule has 25 heavy (non-hydrogen) atoms. The van der Waals surface area contributed by atoms with E-state index in [9.17, 15) is 0 Å². The third-order valence-corrected chi connectivity index (χ3v) is 7.06. The van der Waals surface area contributed by atoms with Gasteiger partial charge in [0.15, 0.2) is 0 Å². The number of unbranched alkanes of at least 4 members (excludes halogenated alkanes) is 5. The molecule has 2 rings (SSSR count). The average molecular weight is 371 g/mol. The van der Waals surface area contributed by atoms with Crippen LogP contribution in [0.15, 0.2) is 0 Å². The number of alkyl halides is 1. The first-order chi connectivity index (χ1) is 11.9. The summed E-state index contributed by atoms with van der Waals surface area (Å²) < 4.78 is 12.9. The highest BCUT2D eigenvalue weighted by molar-refractivity contribution is 6.47. The fourth-order valence-electron chi connectivity index (χ4n) is 4.40. The summed E-state index contributed by atoms with van der Waals surface area (Å²) >= 11 is 5.76. The Labute approximate surface area is 161 Å². The zero-order chi connectivity index (χ0) is 18.3. The van der Waals surface area contributed by atoms with Gasteiger partial charge in [-0.3, -0.25) is 0 Å². The maximum Gasteiger partial charge on any atom is 0.461 e. The van der Waals surface area contributed by atoms with E-state index in [4.69, 9.17) is 20.9 Å². The van der Waals surface area contributed by atoms with Gasteiger partial charge in [-0.25, -0.2) is 0 Å². The van der Waals surface area contributed by atoms with Crippen LogP contribution in [0.5, 0.6) is 0 Å². The summed E-state index contributed by atoms with van der Waals surface area (Å²) in [6, 6.07) is 0. The van der Waals surface area contributed by atoms with Gasteiger partial charge < -0.3 is 9.31 Å². The van der Waals surface area contributed by atoms with Crippen LogP contribution in [0.4, 0.5) is 0 Å². The van der Waals surface area contributed by atoms with Gasteiger partial charge in [-0.2, -0.15) is 0 Å². The predicted molar refractivity (Wildman–Crippen MR) is 109 cm³/mol. The van der Waals surface area contributed by atoms with Crippen molar-refractivity contribution in [3.05, 3.63) is 0 Å². The van der Waals surface area contributed by atoms with Crippen LogP contribution in [0.3, 0.4) is 0 Å². The lowest BCUT2D eigenvalue weighted by molar-refractivity contribution is 0.00578. The van der Waals surface area contributed by atoms with Crippen molar-refractivity contribution in [2.24, 2.45) is 5.92 Å². The van der Waals surface area contributed by atoms with E-state index in [1.807, 2.05) is 0 Å². The maximum absolute atomic E-state index is 6.45. The highest BCUT2D eigenvalue weighted by Gasteiger charge is 2.54. The standard InChI is InChI=1S/C21H40BClO2/c1-20(2)21(3,4)25-22(24-20)19(18-14-10-9-11-15-18)16-12-7-5-6-8-13-17-23/h18-19H,5-17H2,1-4H3. The van der Waals surface area contributed by atoms with Crippen LogP contribution in [0.2, 0.25) is 5.82 Å². The largest absolute Gasteiger partial charge is 0.461 e. The minimum Gasteiger partial charge on any atom is -0.403 e. The average Bonchev–Trinajstić information content (AvgIpc) is 2.78.